The van der Waals surface area contributed by atoms with Crippen LogP contribution in [0.25, 0.3) is 21.9 Å². The number of nitrogens with one attached hydrogen (secondary N) is 1. The van der Waals surface area contributed by atoms with Crippen molar-refractivity contribution in [1.29, 1.82) is 0 Å². The molecule has 1 fully saturated rings. The van der Waals surface area contributed by atoms with Crippen molar-refractivity contribution in [3.63, 3.8) is 0 Å². The number of nitrogens with zero attached hydrogens (tertiary/aromatic N) is 5. The van der Waals surface area contributed by atoms with Crippen LogP contribution in [0.1, 0.15) is 15.9 Å². The van der Waals surface area contributed by atoms with E-state index in [1.54, 1.807) is 0 Å². The summed E-state index contributed by atoms with van der Waals surface area (Å²) in [6, 6.07) is 21.0. The first-order valence-corrected chi connectivity index (χ1v) is 11.2. The maximum atomic E-state index is 13.1. The molecule has 0 bridgehead atoms. The molecule has 4 aromatic rings. The molecule has 33 heavy (non-hydrogen) atoms. The molecular weight excluding hydrogens is 412 g/mol. The van der Waals surface area contributed by atoms with Gasteiger partial charge in [0.05, 0.1) is 0 Å². The number of hydrogen-bond acceptors (Lipinski definition) is 5. The second kappa shape index (κ2) is 9.03. The molecule has 3 aromatic carbocycles. The summed E-state index contributed by atoms with van der Waals surface area (Å²) in [6.07, 6.45) is 1.51. The molecule has 0 radical (unpaired) electrons. The normalized spacial score (nSPS) is 14.3. The second-order valence-corrected chi connectivity index (χ2v) is 8.76. The van der Waals surface area contributed by atoms with Crippen LogP contribution < -0.4 is 4.90 Å². The third-order valence-electron chi connectivity index (χ3n) is 6.17. The highest BCUT2D eigenvalue weighted by Gasteiger charge is 2.23. The smallest absolute Gasteiger partial charge is 0.253 e. The van der Waals surface area contributed by atoms with Crippen molar-refractivity contribution in [2.45, 2.75) is 6.54 Å². The van der Waals surface area contributed by atoms with Gasteiger partial charge in [0.25, 0.3) is 5.91 Å². The molecule has 0 aliphatic carbocycles. The summed E-state index contributed by atoms with van der Waals surface area (Å²) < 4.78 is 0. The lowest BCUT2D eigenvalue weighted by molar-refractivity contribution is 0.0746. The fourth-order valence-electron chi connectivity index (χ4n) is 4.48. The minimum Gasteiger partial charge on any atom is -0.338 e. The molecule has 1 aliphatic rings. The van der Waals surface area contributed by atoms with E-state index in [2.05, 4.69) is 87.6 Å². The van der Waals surface area contributed by atoms with E-state index in [9.17, 15) is 4.79 Å². The Bertz CT molecular complexity index is 1260. The average molecular weight is 441 g/mol. The summed E-state index contributed by atoms with van der Waals surface area (Å²) in [6.45, 7) is 3.71. The van der Waals surface area contributed by atoms with E-state index in [1.165, 1.54) is 23.0 Å². The molecule has 168 valence electrons. The molecule has 5 rings (SSSR count). The lowest BCUT2D eigenvalue weighted by Gasteiger charge is -2.34. The summed E-state index contributed by atoms with van der Waals surface area (Å²) in [5.74, 6) is 0.838. The van der Waals surface area contributed by atoms with Gasteiger partial charge in [-0.3, -0.25) is 4.79 Å². The predicted molar refractivity (Wildman–Crippen MR) is 131 cm³/mol. The number of rotatable bonds is 5. The van der Waals surface area contributed by atoms with Crippen LogP contribution in [0.2, 0.25) is 0 Å². The number of benzene rings is 3. The van der Waals surface area contributed by atoms with Gasteiger partial charge in [0, 0.05) is 38.3 Å². The molecule has 1 amide bonds. The summed E-state index contributed by atoms with van der Waals surface area (Å²) >= 11 is 0. The Morgan fingerprint density at radius 2 is 1.73 bits per heavy atom. The van der Waals surface area contributed by atoms with Gasteiger partial charge in [0.1, 0.15) is 6.33 Å². The molecule has 7 nitrogen and oxygen atoms in total. The molecule has 1 saturated heterocycles. The Labute approximate surface area is 193 Å². The highest BCUT2D eigenvalue weighted by Crippen LogP contribution is 2.28. The summed E-state index contributed by atoms with van der Waals surface area (Å²) in [4.78, 5) is 23.6. The van der Waals surface area contributed by atoms with E-state index in [-0.39, 0.29) is 5.91 Å². The Hall–Kier alpha value is -3.71. The highest BCUT2D eigenvalue weighted by atomic mass is 16.2. The minimum atomic E-state index is 0.0783. The van der Waals surface area contributed by atoms with E-state index in [0.29, 0.717) is 13.1 Å². The number of anilines is 1. The van der Waals surface area contributed by atoms with Crippen molar-refractivity contribution in [2.24, 2.45) is 0 Å². The van der Waals surface area contributed by atoms with Crippen molar-refractivity contribution in [1.82, 2.24) is 25.0 Å². The van der Waals surface area contributed by atoms with E-state index >= 15 is 0 Å². The molecule has 1 aliphatic heterocycles. The molecule has 1 N–H and O–H groups in total. The summed E-state index contributed by atoms with van der Waals surface area (Å²) in [5.41, 5.74) is 4.48. The van der Waals surface area contributed by atoms with Gasteiger partial charge in [0.15, 0.2) is 0 Å². The quantitative estimate of drug-likeness (QED) is 0.513. The number of piperazine rings is 1. The van der Waals surface area contributed by atoms with Gasteiger partial charge >= 0.3 is 0 Å². The number of fused-ring (bicyclic) bond motifs is 1. The van der Waals surface area contributed by atoms with Crippen LogP contribution in [-0.4, -0.2) is 71.2 Å². The first-order chi connectivity index (χ1) is 16.1. The van der Waals surface area contributed by atoms with E-state index in [1.807, 2.05) is 17.0 Å². The zero-order valence-electron chi connectivity index (χ0n) is 19.0. The SMILES string of the molecule is CN(C)Cc1ccccc1-c1ccc2cc(C(=O)N3CCN(c4ncn[nH]4)CC3)ccc2c1. The number of hydrogen-bond donors (Lipinski definition) is 1. The standard InChI is InChI=1S/C26H28N6O/c1-30(2)17-23-5-3-4-6-24(23)21-9-7-20-16-22(10-8-19(20)15-21)25(33)31-11-13-32(14-12-31)26-27-18-28-29-26/h3-10,15-16,18H,11-14,17H2,1-2H3,(H,27,28,29). The van der Waals surface area contributed by atoms with Crippen LogP contribution in [0.15, 0.2) is 67.0 Å². The number of aromatic nitrogens is 3. The van der Waals surface area contributed by atoms with Gasteiger partial charge in [-0.25, -0.2) is 5.10 Å². The van der Waals surface area contributed by atoms with Crippen LogP contribution in [-0.2, 0) is 6.54 Å². The van der Waals surface area contributed by atoms with Crippen molar-refractivity contribution < 1.29 is 4.79 Å². The predicted octanol–water partition coefficient (Wildman–Crippen LogP) is 3.65. The highest BCUT2D eigenvalue weighted by molar-refractivity contribution is 5.99. The lowest BCUT2D eigenvalue weighted by atomic mass is 9.96. The fourth-order valence-corrected chi connectivity index (χ4v) is 4.48. The van der Waals surface area contributed by atoms with Gasteiger partial charge in [-0.15, -0.1) is 0 Å². The molecular formula is C26H28N6O. The molecule has 2 heterocycles. The maximum absolute atomic E-state index is 13.1. The molecule has 1 aromatic heterocycles. The number of amides is 1. The number of H-pyrrole nitrogens is 1. The molecule has 7 heteroatoms. The van der Waals surface area contributed by atoms with Crippen LogP contribution in [0.3, 0.4) is 0 Å². The van der Waals surface area contributed by atoms with Crippen LogP contribution in [0.5, 0.6) is 0 Å². The van der Waals surface area contributed by atoms with E-state index in [0.717, 1.165) is 41.9 Å². The van der Waals surface area contributed by atoms with Crippen molar-refractivity contribution >= 4 is 22.6 Å². The van der Waals surface area contributed by atoms with Crippen molar-refractivity contribution in [3.8, 4) is 11.1 Å². The van der Waals surface area contributed by atoms with Crippen LogP contribution in [0.4, 0.5) is 5.95 Å². The van der Waals surface area contributed by atoms with Gasteiger partial charge in [0.2, 0.25) is 5.95 Å². The second-order valence-electron chi connectivity index (χ2n) is 8.76. The van der Waals surface area contributed by atoms with Crippen LogP contribution in [0, 0.1) is 0 Å². The number of aromatic amines is 1. The van der Waals surface area contributed by atoms with Gasteiger partial charge in [-0.2, -0.15) is 10.1 Å². The van der Waals surface area contributed by atoms with E-state index < -0.39 is 0 Å². The Balaban J connectivity index is 1.34. The summed E-state index contributed by atoms with van der Waals surface area (Å²) in [5, 5.41) is 9.02. The van der Waals surface area contributed by atoms with E-state index in [4.69, 9.17) is 0 Å². The molecule has 0 unspecified atom stereocenters. The minimum absolute atomic E-state index is 0.0783. The molecule has 0 spiro atoms. The Kier molecular flexibility index (Phi) is 5.79. The zero-order valence-corrected chi connectivity index (χ0v) is 19.0. The molecule has 0 saturated carbocycles. The first-order valence-electron chi connectivity index (χ1n) is 11.2. The lowest BCUT2D eigenvalue weighted by Crippen LogP contribution is -2.49. The summed E-state index contributed by atoms with van der Waals surface area (Å²) in [7, 11) is 4.17. The Morgan fingerprint density at radius 1 is 0.970 bits per heavy atom. The van der Waals surface area contributed by atoms with Crippen molar-refractivity contribution in [3.05, 3.63) is 78.1 Å². The maximum Gasteiger partial charge on any atom is 0.253 e. The third-order valence-corrected chi connectivity index (χ3v) is 6.17. The third kappa shape index (κ3) is 4.45. The monoisotopic (exact) mass is 440 g/mol. The van der Waals surface area contributed by atoms with Crippen LogP contribution >= 0.6 is 0 Å². The fraction of sp³-hybridized carbons (Fsp3) is 0.269. The number of carbonyl (C=O) groups excluding carboxylic acids is 1. The van der Waals surface area contributed by atoms with Crippen molar-refractivity contribution in [2.75, 3.05) is 45.2 Å². The number of carbonyl (C=O) groups is 1. The van der Waals surface area contributed by atoms with Gasteiger partial charge in [-0.1, -0.05) is 42.5 Å². The Morgan fingerprint density at radius 3 is 2.48 bits per heavy atom. The average Bonchev–Trinajstić information content (AvgIpc) is 3.38. The largest absolute Gasteiger partial charge is 0.338 e. The zero-order chi connectivity index (χ0) is 22.8. The molecule has 0 atom stereocenters. The van der Waals surface area contributed by atoms with Gasteiger partial charge < -0.3 is 14.7 Å². The topological polar surface area (TPSA) is 68.4 Å². The van der Waals surface area contributed by atoms with Gasteiger partial charge in [-0.05, 0) is 59.8 Å². The first kappa shape index (κ1) is 21.2.